The van der Waals surface area contributed by atoms with Crippen LogP contribution in [-0.2, 0) is 19.3 Å². The summed E-state index contributed by atoms with van der Waals surface area (Å²) in [6.45, 7) is 9.85. The van der Waals surface area contributed by atoms with Gasteiger partial charge in [0.1, 0.15) is 0 Å². The molecule has 0 saturated carbocycles. The highest BCUT2D eigenvalue weighted by atomic mass is 32.2. The van der Waals surface area contributed by atoms with Gasteiger partial charge in [-0.2, -0.15) is 0 Å². The minimum Gasteiger partial charge on any atom is -0.399 e. The largest absolute Gasteiger partial charge is 0.494 e. The molecule has 138 valence electrons. The van der Waals surface area contributed by atoms with E-state index in [0.29, 0.717) is 5.69 Å². The molecular formula is C19H24BNO4S. The van der Waals surface area contributed by atoms with Gasteiger partial charge in [0.2, 0.25) is 0 Å². The van der Waals surface area contributed by atoms with E-state index in [1.165, 1.54) is 0 Å². The molecule has 0 atom stereocenters. The van der Waals surface area contributed by atoms with E-state index >= 15 is 0 Å². The molecule has 5 nitrogen and oxygen atoms in total. The molecule has 0 aliphatic carbocycles. The van der Waals surface area contributed by atoms with Crippen LogP contribution in [0, 0.1) is 6.92 Å². The van der Waals surface area contributed by atoms with E-state index in [9.17, 15) is 8.42 Å². The van der Waals surface area contributed by atoms with Crippen LogP contribution in [0.15, 0.2) is 53.4 Å². The molecular weight excluding hydrogens is 349 g/mol. The number of rotatable bonds is 4. The third kappa shape index (κ3) is 3.65. The van der Waals surface area contributed by atoms with Crippen LogP contribution in [0.3, 0.4) is 0 Å². The molecule has 1 heterocycles. The Bertz CT molecular complexity index is 891. The lowest BCUT2D eigenvalue weighted by Gasteiger charge is -2.32. The molecule has 1 aliphatic rings. The summed E-state index contributed by atoms with van der Waals surface area (Å²) in [4.78, 5) is 0.194. The highest BCUT2D eigenvalue weighted by Crippen LogP contribution is 2.36. The van der Waals surface area contributed by atoms with Gasteiger partial charge in [-0.05, 0) is 69.9 Å². The Morgan fingerprint density at radius 3 is 2.04 bits per heavy atom. The van der Waals surface area contributed by atoms with Gasteiger partial charge in [0.15, 0.2) is 0 Å². The van der Waals surface area contributed by atoms with Crippen molar-refractivity contribution in [3.8, 4) is 0 Å². The summed E-state index contributed by atoms with van der Waals surface area (Å²) < 4.78 is 39.8. The van der Waals surface area contributed by atoms with Gasteiger partial charge < -0.3 is 9.31 Å². The van der Waals surface area contributed by atoms with E-state index in [-0.39, 0.29) is 4.90 Å². The van der Waals surface area contributed by atoms with E-state index in [0.717, 1.165) is 11.0 Å². The maximum absolute atomic E-state index is 12.6. The maximum Gasteiger partial charge on any atom is 0.494 e. The molecule has 1 fully saturated rings. The molecule has 2 aromatic rings. The van der Waals surface area contributed by atoms with E-state index in [2.05, 4.69) is 4.72 Å². The third-order valence-corrected chi connectivity index (χ3v) is 6.38. The van der Waals surface area contributed by atoms with Crippen molar-refractivity contribution in [2.75, 3.05) is 4.72 Å². The zero-order chi connectivity index (χ0) is 19.2. The molecule has 2 aromatic carbocycles. The number of sulfonamides is 1. The molecule has 0 aromatic heterocycles. The van der Waals surface area contributed by atoms with Crippen LogP contribution in [0.1, 0.15) is 33.3 Å². The average Bonchev–Trinajstić information content (AvgIpc) is 2.75. The number of nitrogens with one attached hydrogen (secondary N) is 1. The normalized spacial score (nSPS) is 18.7. The van der Waals surface area contributed by atoms with Crippen molar-refractivity contribution in [3.63, 3.8) is 0 Å². The van der Waals surface area contributed by atoms with Crippen molar-refractivity contribution < 1.29 is 17.7 Å². The zero-order valence-electron chi connectivity index (χ0n) is 15.7. The molecule has 1 N–H and O–H groups in total. The van der Waals surface area contributed by atoms with Crippen molar-refractivity contribution in [3.05, 3.63) is 54.1 Å². The Balaban J connectivity index is 1.79. The van der Waals surface area contributed by atoms with Crippen LogP contribution in [-0.4, -0.2) is 26.7 Å². The quantitative estimate of drug-likeness (QED) is 0.837. The lowest BCUT2D eigenvalue weighted by molar-refractivity contribution is 0.00578. The molecule has 3 rings (SSSR count). The number of aryl methyl sites for hydroxylation is 1. The molecule has 1 aliphatic heterocycles. The zero-order valence-corrected chi connectivity index (χ0v) is 16.6. The first-order chi connectivity index (χ1) is 12.0. The lowest BCUT2D eigenvalue weighted by atomic mass is 9.79. The molecule has 0 amide bonds. The number of hydrogen-bond donors (Lipinski definition) is 1. The van der Waals surface area contributed by atoms with Gasteiger partial charge in [-0.15, -0.1) is 0 Å². The molecule has 0 unspecified atom stereocenters. The van der Waals surface area contributed by atoms with Crippen molar-refractivity contribution in [1.29, 1.82) is 0 Å². The molecule has 0 radical (unpaired) electrons. The van der Waals surface area contributed by atoms with Gasteiger partial charge >= 0.3 is 7.12 Å². The first kappa shape index (κ1) is 19.0. The second kappa shape index (κ2) is 6.41. The van der Waals surface area contributed by atoms with Gasteiger partial charge in [-0.3, -0.25) is 4.72 Å². The predicted octanol–water partition coefficient (Wildman–Crippen LogP) is 3.10. The fraction of sp³-hybridized carbons (Fsp3) is 0.368. The topological polar surface area (TPSA) is 64.6 Å². The maximum atomic E-state index is 12.6. The molecule has 1 saturated heterocycles. The van der Waals surface area contributed by atoms with Gasteiger partial charge in [0.25, 0.3) is 10.0 Å². The standard InChI is InChI=1S/C19H24BNO4S/c1-14-7-6-8-16(13-14)21-26(22,23)17-11-9-15(10-12-17)20-24-18(2,3)19(4,5)25-20/h6-13,21H,1-5H3. The molecule has 0 bridgehead atoms. The van der Waals surface area contributed by atoms with E-state index in [1.807, 2.05) is 46.8 Å². The second-order valence-electron chi connectivity index (χ2n) is 7.63. The van der Waals surface area contributed by atoms with Gasteiger partial charge in [-0.25, -0.2) is 8.42 Å². The summed E-state index contributed by atoms with van der Waals surface area (Å²) in [6.07, 6.45) is 0. The number of anilines is 1. The Morgan fingerprint density at radius 2 is 1.50 bits per heavy atom. The predicted molar refractivity (Wildman–Crippen MR) is 104 cm³/mol. The summed E-state index contributed by atoms with van der Waals surface area (Å²) in [6, 6.07) is 13.8. The minimum atomic E-state index is -3.65. The van der Waals surface area contributed by atoms with Crippen LogP contribution in [0.25, 0.3) is 0 Å². The fourth-order valence-corrected chi connectivity index (χ4v) is 3.76. The summed E-state index contributed by atoms with van der Waals surface area (Å²) >= 11 is 0. The third-order valence-electron chi connectivity index (χ3n) is 4.99. The van der Waals surface area contributed by atoms with Crippen LogP contribution >= 0.6 is 0 Å². The monoisotopic (exact) mass is 373 g/mol. The lowest BCUT2D eigenvalue weighted by Crippen LogP contribution is -2.41. The Kier molecular flexibility index (Phi) is 4.67. The van der Waals surface area contributed by atoms with Crippen molar-refractivity contribution in [1.82, 2.24) is 0 Å². The van der Waals surface area contributed by atoms with Crippen molar-refractivity contribution in [2.45, 2.75) is 50.7 Å². The summed E-state index contributed by atoms with van der Waals surface area (Å²) in [5.41, 5.74) is 1.45. The first-order valence-corrected chi connectivity index (χ1v) is 10.0. The molecule has 7 heteroatoms. The Morgan fingerprint density at radius 1 is 0.923 bits per heavy atom. The van der Waals surface area contributed by atoms with E-state index < -0.39 is 28.3 Å². The highest BCUT2D eigenvalue weighted by molar-refractivity contribution is 7.92. The molecule has 0 spiro atoms. The average molecular weight is 373 g/mol. The summed E-state index contributed by atoms with van der Waals surface area (Å²) in [5, 5.41) is 0. The van der Waals surface area contributed by atoms with Crippen molar-refractivity contribution >= 4 is 28.3 Å². The van der Waals surface area contributed by atoms with E-state index in [4.69, 9.17) is 9.31 Å². The highest BCUT2D eigenvalue weighted by Gasteiger charge is 2.51. The summed E-state index contributed by atoms with van der Waals surface area (Å²) in [7, 11) is -4.16. The minimum absolute atomic E-state index is 0.194. The number of benzene rings is 2. The van der Waals surface area contributed by atoms with Gasteiger partial charge in [-0.1, -0.05) is 24.3 Å². The Hall–Kier alpha value is -1.83. The molecule has 26 heavy (non-hydrogen) atoms. The van der Waals surface area contributed by atoms with Gasteiger partial charge in [0.05, 0.1) is 16.1 Å². The Labute approximate surface area is 155 Å². The van der Waals surface area contributed by atoms with Crippen LogP contribution in [0.2, 0.25) is 0 Å². The van der Waals surface area contributed by atoms with Crippen LogP contribution in [0.4, 0.5) is 5.69 Å². The van der Waals surface area contributed by atoms with Crippen molar-refractivity contribution in [2.24, 2.45) is 0 Å². The smallest absolute Gasteiger partial charge is 0.399 e. The van der Waals surface area contributed by atoms with E-state index in [1.54, 1.807) is 36.4 Å². The van der Waals surface area contributed by atoms with Gasteiger partial charge in [0, 0.05) is 5.69 Å². The number of hydrogen-bond acceptors (Lipinski definition) is 4. The SMILES string of the molecule is Cc1cccc(NS(=O)(=O)c2ccc(B3OC(C)(C)C(C)(C)O3)cc2)c1. The van der Waals surface area contributed by atoms with Crippen LogP contribution < -0.4 is 10.2 Å². The first-order valence-electron chi connectivity index (χ1n) is 8.55. The summed E-state index contributed by atoms with van der Waals surface area (Å²) in [5.74, 6) is 0. The van der Waals surface area contributed by atoms with Crippen LogP contribution in [0.5, 0.6) is 0 Å². The second-order valence-corrected chi connectivity index (χ2v) is 9.31. The fourth-order valence-electron chi connectivity index (χ4n) is 2.71.